The lowest BCUT2D eigenvalue weighted by Gasteiger charge is -2.14. The van der Waals surface area contributed by atoms with Gasteiger partial charge in [0.15, 0.2) is 0 Å². The van der Waals surface area contributed by atoms with E-state index in [4.69, 9.17) is 5.10 Å². The Morgan fingerprint density at radius 1 is 1.07 bits per heavy atom. The molecule has 0 fully saturated rings. The number of para-hydroxylation sites is 1. The topological polar surface area (TPSA) is 60.0 Å². The number of halogens is 1. The quantitative estimate of drug-likeness (QED) is 0.578. The SMILES string of the molecule is Cc1nn(-c2ccccc2)c(-n2ccnc2)c1C1CC(c2ccc(F)cc2)=NN1. The molecule has 0 spiro atoms. The van der Waals surface area contributed by atoms with Gasteiger partial charge in [0.1, 0.15) is 18.0 Å². The maximum atomic E-state index is 13.3. The van der Waals surface area contributed by atoms with E-state index in [9.17, 15) is 4.39 Å². The molecule has 144 valence electrons. The number of nitrogens with one attached hydrogen (secondary N) is 1. The van der Waals surface area contributed by atoms with Gasteiger partial charge in [-0.2, -0.15) is 10.2 Å². The van der Waals surface area contributed by atoms with Gasteiger partial charge in [0, 0.05) is 24.4 Å². The number of hydrogen-bond acceptors (Lipinski definition) is 4. The van der Waals surface area contributed by atoms with Gasteiger partial charge in [0.2, 0.25) is 0 Å². The van der Waals surface area contributed by atoms with Gasteiger partial charge in [-0.1, -0.05) is 30.3 Å². The Morgan fingerprint density at radius 2 is 1.86 bits per heavy atom. The summed E-state index contributed by atoms with van der Waals surface area (Å²) in [6.45, 7) is 2.01. The average Bonchev–Trinajstić information content (AvgIpc) is 3.48. The van der Waals surface area contributed by atoms with Crippen molar-refractivity contribution >= 4 is 5.71 Å². The number of hydrazone groups is 1. The first kappa shape index (κ1) is 17.4. The zero-order chi connectivity index (χ0) is 19.8. The number of nitrogens with zero attached hydrogens (tertiary/aromatic N) is 5. The molecule has 1 atom stereocenters. The van der Waals surface area contributed by atoms with Crippen LogP contribution in [0.15, 0.2) is 78.4 Å². The van der Waals surface area contributed by atoms with Crippen LogP contribution in [0.4, 0.5) is 4.39 Å². The summed E-state index contributed by atoms with van der Waals surface area (Å²) < 4.78 is 17.2. The van der Waals surface area contributed by atoms with Gasteiger partial charge in [-0.3, -0.25) is 4.57 Å². The average molecular weight is 386 g/mol. The molecule has 2 aromatic carbocycles. The van der Waals surface area contributed by atoms with Crippen molar-refractivity contribution in [3.8, 4) is 11.5 Å². The summed E-state index contributed by atoms with van der Waals surface area (Å²) in [7, 11) is 0. The molecule has 0 bridgehead atoms. The van der Waals surface area contributed by atoms with Gasteiger partial charge < -0.3 is 5.43 Å². The van der Waals surface area contributed by atoms with Crippen LogP contribution in [0.3, 0.4) is 0 Å². The van der Waals surface area contributed by atoms with Crippen molar-refractivity contribution in [1.29, 1.82) is 0 Å². The minimum absolute atomic E-state index is 0.0371. The Labute approximate surface area is 167 Å². The molecule has 0 aliphatic carbocycles. The third-order valence-corrected chi connectivity index (χ3v) is 5.11. The molecule has 1 N–H and O–H groups in total. The predicted molar refractivity (Wildman–Crippen MR) is 109 cm³/mol. The van der Waals surface area contributed by atoms with Crippen molar-refractivity contribution in [2.45, 2.75) is 19.4 Å². The Morgan fingerprint density at radius 3 is 2.59 bits per heavy atom. The number of benzene rings is 2. The molecular formula is C22H19FN6. The van der Waals surface area contributed by atoms with Gasteiger partial charge in [-0.05, 0) is 36.8 Å². The lowest BCUT2D eigenvalue weighted by molar-refractivity contribution is 0.612. The van der Waals surface area contributed by atoms with Crippen LogP contribution in [0, 0.1) is 12.7 Å². The Kier molecular flexibility index (Phi) is 4.20. The van der Waals surface area contributed by atoms with Gasteiger partial charge in [-0.15, -0.1) is 0 Å². The van der Waals surface area contributed by atoms with Crippen LogP contribution >= 0.6 is 0 Å². The van der Waals surface area contributed by atoms with Crippen LogP contribution in [0.5, 0.6) is 0 Å². The van der Waals surface area contributed by atoms with E-state index in [1.165, 1.54) is 12.1 Å². The van der Waals surface area contributed by atoms with Crippen LogP contribution in [0.2, 0.25) is 0 Å². The molecule has 0 amide bonds. The molecule has 29 heavy (non-hydrogen) atoms. The zero-order valence-electron chi connectivity index (χ0n) is 15.8. The van der Waals surface area contributed by atoms with E-state index in [2.05, 4.69) is 15.5 Å². The highest BCUT2D eigenvalue weighted by molar-refractivity contribution is 6.01. The third-order valence-electron chi connectivity index (χ3n) is 5.11. The zero-order valence-corrected chi connectivity index (χ0v) is 15.8. The summed E-state index contributed by atoms with van der Waals surface area (Å²) in [5, 5.41) is 9.34. The summed E-state index contributed by atoms with van der Waals surface area (Å²) in [5.74, 6) is 0.679. The van der Waals surface area contributed by atoms with Crippen LogP contribution in [-0.2, 0) is 0 Å². The third kappa shape index (κ3) is 3.10. The highest BCUT2D eigenvalue weighted by atomic mass is 19.1. The van der Waals surface area contributed by atoms with Crippen molar-refractivity contribution in [3.63, 3.8) is 0 Å². The predicted octanol–water partition coefficient (Wildman–Crippen LogP) is 3.94. The first-order valence-corrected chi connectivity index (χ1v) is 9.42. The fourth-order valence-corrected chi connectivity index (χ4v) is 3.75. The molecule has 3 heterocycles. The van der Waals surface area contributed by atoms with Crippen molar-refractivity contribution in [2.24, 2.45) is 5.10 Å². The monoisotopic (exact) mass is 386 g/mol. The van der Waals surface area contributed by atoms with E-state index in [1.54, 1.807) is 24.7 Å². The molecule has 1 aliphatic rings. The summed E-state index contributed by atoms with van der Waals surface area (Å²) in [6, 6.07) is 16.4. The minimum Gasteiger partial charge on any atom is -0.302 e. The second kappa shape index (κ2) is 7.01. The molecule has 7 heteroatoms. The van der Waals surface area contributed by atoms with E-state index in [0.717, 1.165) is 34.0 Å². The summed E-state index contributed by atoms with van der Waals surface area (Å²) in [5.41, 5.74) is 8.03. The number of aromatic nitrogens is 4. The molecule has 1 aliphatic heterocycles. The molecule has 0 saturated carbocycles. The van der Waals surface area contributed by atoms with Gasteiger partial charge >= 0.3 is 0 Å². The number of imidazole rings is 1. The van der Waals surface area contributed by atoms with Crippen LogP contribution < -0.4 is 5.43 Å². The van der Waals surface area contributed by atoms with E-state index >= 15 is 0 Å². The molecule has 5 rings (SSSR count). The lowest BCUT2D eigenvalue weighted by atomic mass is 9.99. The number of aryl methyl sites for hydroxylation is 1. The fraction of sp³-hybridized carbons (Fsp3) is 0.136. The smallest absolute Gasteiger partial charge is 0.147 e. The number of hydrogen-bond donors (Lipinski definition) is 1. The van der Waals surface area contributed by atoms with Crippen molar-refractivity contribution in [2.75, 3.05) is 0 Å². The van der Waals surface area contributed by atoms with Crippen molar-refractivity contribution in [3.05, 3.63) is 96.0 Å². The van der Waals surface area contributed by atoms with E-state index in [0.29, 0.717) is 6.42 Å². The second-order valence-electron chi connectivity index (χ2n) is 6.99. The van der Waals surface area contributed by atoms with Crippen molar-refractivity contribution in [1.82, 2.24) is 24.8 Å². The second-order valence-corrected chi connectivity index (χ2v) is 6.99. The highest BCUT2D eigenvalue weighted by Gasteiger charge is 2.29. The number of rotatable bonds is 4. The Balaban J connectivity index is 1.56. The summed E-state index contributed by atoms with van der Waals surface area (Å²) in [4.78, 5) is 4.22. The lowest BCUT2D eigenvalue weighted by Crippen LogP contribution is -2.14. The molecule has 0 saturated heterocycles. The van der Waals surface area contributed by atoms with Crippen LogP contribution in [-0.4, -0.2) is 25.0 Å². The fourth-order valence-electron chi connectivity index (χ4n) is 3.75. The van der Waals surface area contributed by atoms with Gasteiger partial charge in [0.25, 0.3) is 0 Å². The highest BCUT2D eigenvalue weighted by Crippen LogP contribution is 2.33. The van der Waals surface area contributed by atoms with Crippen LogP contribution in [0.1, 0.15) is 29.3 Å². The molecule has 2 aromatic heterocycles. The van der Waals surface area contributed by atoms with Crippen molar-refractivity contribution < 1.29 is 4.39 Å². The van der Waals surface area contributed by atoms with Gasteiger partial charge in [-0.25, -0.2) is 14.1 Å². The Bertz CT molecular complexity index is 1160. The normalized spacial score (nSPS) is 15.9. The molecular weight excluding hydrogens is 367 g/mol. The van der Waals surface area contributed by atoms with Gasteiger partial charge in [0.05, 0.1) is 23.1 Å². The van der Waals surface area contributed by atoms with E-state index in [1.807, 2.05) is 52.7 Å². The summed E-state index contributed by atoms with van der Waals surface area (Å²) >= 11 is 0. The standard InChI is InChI=1S/C22H19FN6/c1-15-21(20-13-19(25-26-20)16-7-9-17(23)10-8-16)22(28-12-11-24-14-28)29(27-15)18-5-3-2-4-6-18/h2-12,14,20,26H,13H2,1H3. The maximum Gasteiger partial charge on any atom is 0.147 e. The van der Waals surface area contributed by atoms with Crippen LogP contribution in [0.25, 0.3) is 11.5 Å². The maximum absolute atomic E-state index is 13.3. The minimum atomic E-state index is -0.251. The first-order chi connectivity index (χ1) is 14.2. The largest absolute Gasteiger partial charge is 0.302 e. The molecule has 0 radical (unpaired) electrons. The van der Waals surface area contributed by atoms with E-state index in [-0.39, 0.29) is 11.9 Å². The Hall–Kier alpha value is -3.74. The van der Waals surface area contributed by atoms with E-state index < -0.39 is 0 Å². The molecule has 6 nitrogen and oxygen atoms in total. The molecule has 1 unspecified atom stereocenters. The molecule has 4 aromatic rings. The first-order valence-electron chi connectivity index (χ1n) is 9.42. The summed E-state index contributed by atoms with van der Waals surface area (Å²) in [6.07, 6.45) is 6.13.